The second-order valence-corrected chi connectivity index (χ2v) is 12.0. The van der Waals surface area contributed by atoms with Crippen LogP contribution in [0.1, 0.15) is 21.1 Å². The number of phenolic OH excluding ortho intramolecular Hbond substituents is 2. The number of amides is 2. The molecule has 1 heterocycles. The van der Waals surface area contributed by atoms with Gasteiger partial charge in [0.1, 0.15) is 11.5 Å². The van der Waals surface area contributed by atoms with Gasteiger partial charge in [-0.25, -0.2) is 0 Å². The summed E-state index contributed by atoms with van der Waals surface area (Å²) in [6.07, 6.45) is 0. The summed E-state index contributed by atoms with van der Waals surface area (Å²) >= 11 is 0. The van der Waals surface area contributed by atoms with Crippen LogP contribution < -0.4 is 16.1 Å². The minimum absolute atomic E-state index is 0.0885. The first-order valence-electron chi connectivity index (χ1n) is 11.8. The molecule has 220 valence electrons. The number of aromatic hydroxyl groups is 2. The fraction of sp³-hybridized carbons (Fsp3) is 0. The van der Waals surface area contributed by atoms with Crippen molar-refractivity contribution in [1.29, 1.82) is 0 Å². The minimum Gasteiger partial charge on any atom is -0.507 e. The largest absolute Gasteiger partial charge is 0.507 e. The number of nitrogens with one attached hydrogen (secondary N) is 2. The third-order valence-electron chi connectivity index (χ3n) is 6.13. The number of anilines is 2. The van der Waals surface area contributed by atoms with Gasteiger partial charge in [-0.1, -0.05) is 0 Å². The Hall–Kier alpha value is -5.29. The van der Waals surface area contributed by atoms with Crippen molar-refractivity contribution < 1.29 is 50.2 Å². The lowest BCUT2D eigenvalue weighted by atomic mass is 10.1. The van der Waals surface area contributed by atoms with E-state index in [1.54, 1.807) is 0 Å². The summed E-state index contributed by atoms with van der Waals surface area (Å²) in [4.78, 5) is 36.9. The van der Waals surface area contributed by atoms with Gasteiger partial charge in [0.25, 0.3) is 32.1 Å². The van der Waals surface area contributed by atoms with Gasteiger partial charge in [0, 0.05) is 46.4 Å². The maximum Gasteiger partial charge on any atom is 0.294 e. The van der Waals surface area contributed by atoms with E-state index < -0.39 is 70.3 Å². The predicted molar refractivity (Wildman–Crippen MR) is 152 cm³/mol. The number of hydrogen-bond donors (Lipinski definition) is 6. The summed E-state index contributed by atoms with van der Waals surface area (Å²) in [5.74, 6) is -3.91. The van der Waals surface area contributed by atoms with Crippen LogP contribution in [-0.2, 0) is 20.2 Å². The van der Waals surface area contributed by atoms with Gasteiger partial charge in [-0.05, 0) is 59.3 Å². The zero-order valence-corrected chi connectivity index (χ0v) is 22.9. The van der Waals surface area contributed by atoms with Gasteiger partial charge in [-0.2, -0.15) is 16.8 Å². The van der Waals surface area contributed by atoms with E-state index in [2.05, 4.69) is 10.6 Å². The van der Waals surface area contributed by atoms with Gasteiger partial charge in [-0.15, -0.1) is 0 Å². The number of rotatable bonds is 6. The van der Waals surface area contributed by atoms with E-state index in [1.807, 2.05) is 0 Å². The summed E-state index contributed by atoms with van der Waals surface area (Å²) in [6, 6.07) is 13.6. The molecule has 2 amide bonds. The molecule has 14 nitrogen and oxygen atoms in total. The van der Waals surface area contributed by atoms with Crippen LogP contribution in [0.4, 0.5) is 11.4 Å². The Kier molecular flexibility index (Phi) is 7.15. The Labute approximate surface area is 241 Å². The van der Waals surface area contributed by atoms with E-state index >= 15 is 0 Å². The molecule has 0 saturated heterocycles. The van der Waals surface area contributed by atoms with Crippen molar-refractivity contribution in [3.63, 3.8) is 0 Å². The molecule has 1 aromatic heterocycles. The van der Waals surface area contributed by atoms with Gasteiger partial charge in [0.05, 0.1) is 9.79 Å². The molecule has 0 unspecified atom stereocenters. The highest BCUT2D eigenvalue weighted by Crippen LogP contribution is 2.32. The van der Waals surface area contributed by atoms with Gasteiger partial charge < -0.3 is 25.3 Å². The number of carbonyl (C=O) groups is 2. The van der Waals surface area contributed by atoms with Gasteiger partial charge in [0.15, 0.2) is 16.9 Å². The molecule has 0 radical (unpaired) electrons. The average molecular weight is 627 g/mol. The van der Waals surface area contributed by atoms with Crippen LogP contribution in [0.3, 0.4) is 0 Å². The Morgan fingerprint density at radius 1 is 0.605 bits per heavy atom. The Morgan fingerprint density at radius 2 is 1.00 bits per heavy atom. The van der Waals surface area contributed by atoms with Crippen molar-refractivity contribution in [2.75, 3.05) is 10.6 Å². The van der Waals surface area contributed by atoms with Crippen molar-refractivity contribution in [3.05, 3.63) is 94.5 Å². The third-order valence-corrected chi connectivity index (χ3v) is 7.80. The maximum absolute atomic E-state index is 12.9. The summed E-state index contributed by atoms with van der Waals surface area (Å²) in [5, 5.41) is 25.8. The molecule has 0 atom stereocenters. The molecule has 0 spiro atoms. The molecule has 0 aliphatic rings. The van der Waals surface area contributed by atoms with Crippen LogP contribution >= 0.6 is 0 Å². The molecule has 6 N–H and O–H groups in total. The summed E-state index contributed by atoms with van der Waals surface area (Å²) in [5.41, 5.74) is -0.583. The molecule has 0 aliphatic heterocycles. The average Bonchev–Trinajstić information content (AvgIpc) is 2.91. The first-order valence-corrected chi connectivity index (χ1v) is 14.7. The van der Waals surface area contributed by atoms with E-state index in [4.69, 9.17) is 4.42 Å². The van der Waals surface area contributed by atoms with Crippen LogP contribution in [0, 0.1) is 0 Å². The quantitative estimate of drug-likeness (QED) is 0.149. The molecule has 16 heteroatoms. The van der Waals surface area contributed by atoms with Crippen molar-refractivity contribution in [3.8, 4) is 11.5 Å². The van der Waals surface area contributed by atoms with Crippen molar-refractivity contribution in [2.24, 2.45) is 0 Å². The lowest BCUT2D eigenvalue weighted by Gasteiger charge is -2.10. The molecule has 43 heavy (non-hydrogen) atoms. The summed E-state index contributed by atoms with van der Waals surface area (Å²) < 4.78 is 69.9. The molecule has 5 rings (SSSR count). The normalized spacial score (nSPS) is 11.9. The SMILES string of the molecule is O=C(Nc1ccc2c(O)cc(S(=O)(=O)O)cc2c1)c1cc(=O)cc(C(=O)Nc2ccc3c(O)cc(S(=O)(=O)O)cc3c2)o1. The smallest absolute Gasteiger partial charge is 0.294 e. The van der Waals surface area contributed by atoms with Gasteiger partial charge in [-0.3, -0.25) is 23.5 Å². The monoisotopic (exact) mass is 626 g/mol. The number of phenols is 2. The fourth-order valence-corrected chi connectivity index (χ4v) is 5.26. The van der Waals surface area contributed by atoms with E-state index in [1.165, 1.54) is 36.4 Å². The molecule has 0 aliphatic carbocycles. The highest BCUT2D eigenvalue weighted by molar-refractivity contribution is 7.86. The molecule has 4 aromatic carbocycles. The highest BCUT2D eigenvalue weighted by Gasteiger charge is 2.19. The minimum atomic E-state index is -4.64. The zero-order valence-electron chi connectivity index (χ0n) is 21.3. The standard InChI is InChI=1S/C27H18N2O12S2/c30-17-9-24(26(33)28-15-1-3-20-13(5-15)7-18(11-22(20)31)42(35,36)37)41-25(10-17)27(34)29-16-2-4-21-14(6-16)8-19(12-23(21)32)43(38,39)40/h1-12,31-32H,(H,28,33)(H,29,34)(H,35,36,37)(H,38,39,40). The van der Waals surface area contributed by atoms with Crippen LogP contribution in [0.2, 0.25) is 0 Å². The molecular weight excluding hydrogens is 608 g/mol. The zero-order chi connectivity index (χ0) is 31.3. The predicted octanol–water partition coefficient (Wildman–Crippen LogP) is 3.36. The lowest BCUT2D eigenvalue weighted by Crippen LogP contribution is -2.19. The summed E-state index contributed by atoms with van der Waals surface area (Å²) in [6.45, 7) is 0. The molecule has 0 saturated carbocycles. The number of hydrogen-bond acceptors (Lipinski definition) is 10. The third kappa shape index (κ3) is 6.16. The van der Waals surface area contributed by atoms with E-state index in [0.29, 0.717) is 0 Å². The number of carbonyl (C=O) groups excluding carboxylic acids is 2. The first-order chi connectivity index (χ1) is 20.1. The Morgan fingerprint density at radius 3 is 1.37 bits per heavy atom. The van der Waals surface area contributed by atoms with Crippen molar-refractivity contribution >= 4 is 65.0 Å². The van der Waals surface area contributed by atoms with Crippen molar-refractivity contribution in [1.82, 2.24) is 0 Å². The first kappa shape index (κ1) is 29.2. The van der Waals surface area contributed by atoms with Gasteiger partial charge in [0.2, 0.25) is 0 Å². The highest BCUT2D eigenvalue weighted by atomic mass is 32.2. The lowest BCUT2D eigenvalue weighted by molar-refractivity contribution is 0.0967. The molecular formula is C27H18N2O12S2. The topological polar surface area (TPSA) is 238 Å². The van der Waals surface area contributed by atoms with Crippen LogP contribution in [0.15, 0.2) is 91.8 Å². The van der Waals surface area contributed by atoms with E-state index in [-0.39, 0.29) is 32.9 Å². The second-order valence-electron chi connectivity index (χ2n) is 9.14. The Balaban J connectivity index is 1.40. The van der Waals surface area contributed by atoms with E-state index in [9.17, 15) is 50.5 Å². The second kappa shape index (κ2) is 10.5. The Bertz CT molecular complexity index is 2120. The molecule has 5 aromatic rings. The van der Waals surface area contributed by atoms with Crippen LogP contribution in [-0.4, -0.2) is 48.0 Å². The molecule has 0 fully saturated rings. The number of benzene rings is 4. The van der Waals surface area contributed by atoms with Crippen LogP contribution in [0.25, 0.3) is 21.5 Å². The van der Waals surface area contributed by atoms with Crippen molar-refractivity contribution in [2.45, 2.75) is 9.79 Å². The number of fused-ring (bicyclic) bond motifs is 2. The summed E-state index contributed by atoms with van der Waals surface area (Å²) in [7, 11) is -9.27. The van der Waals surface area contributed by atoms with E-state index in [0.717, 1.165) is 36.4 Å². The maximum atomic E-state index is 12.9. The van der Waals surface area contributed by atoms with Gasteiger partial charge >= 0.3 is 0 Å². The van der Waals surface area contributed by atoms with Crippen LogP contribution in [0.5, 0.6) is 11.5 Å². The molecule has 0 bridgehead atoms. The fourth-order valence-electron chi connectivity index (χ4n) is 4.19.